The van der Waals surface area contributed by atoms with Crippen molar-refractivity contribution in [3.05, 3.63) is 41.0 Å². The fourth-order valence-electron chi connectivity index (χ4n) is 4.93. The normalized spacial score (nSPS) is 20.8. The zero-order valence-electron chi connectivity index (χ0n) is 20.0. The number of anilines is 1. The number of ether oxygens (including phenoxy) is 2. The zero-order chi connectivity index (χ0) is 22.9. The summed E-state index contributed by atoms with van der Waals surface area (Å²) in [5.41, 5.74) is 8.28. The van der Waals surface area contributed by atoms with Crippen LogP contribution in [0.15, 0.2) is 50.7 Å². The first-order chi connectivity index (χ1) is 16.3. The van der Waals surface area contributed by atoms with Crippen molar-refractivity contribution in [3.8, 4) is 0 Å². The van der Waals surface area contributed by atoms with E-state index in [1.54, 1.807) is 0 Å². The Morgan fingerprint density at radius 2 is 1.91 bits per heavy atom. The molecule has 1 aromatic rings. The van der Waals surface area contributed by atoms with Crippen LogP contribution in [0.2, 0.25) is 0 Å². The molecule has 33 heavy (non-hydrogen) atoms. The molecule has 2 heterocycles. The van der Waals surface area contributed by atoms with Gasteiger partial charge in [0.05, 0.1) is 37.8 Å². The molecule has 1 aromatic carbocycles. The molecule has 1 saturated heterocycles. The third-order valence-corrected chi connectivity index (χ3v) is 8.53. The zero-order valence-corrected chi connectivity index (χ0v) is 21.6. The number of piperidine rings is 1. The highest BCUT2D eigenvalue weighted by Crippen LogP contribution is 2.48. The lowest BCUT2D eigenvalue weighted by atomic mass is 9.98. The molecular weight excluding hydrogens is 450 g/mol. The predicted molar refractivity (Wildman–Crippen MR) is 141 cm³/mol. The smallest absolute Gasteiger partial charge is 0.0701 e. The van der Waals surface area contributed by atoms with Crippen molar-refractivity contribution in [1.82, 2.24) is 4.90 Å². The number of likely N-dealkylation sites (tertiary alicyclic amines) is 1. The SMILES string of the molecule is CSc1ccc2c(c1)N(CCC1CCCCN1CCOCCOCCN)C1=CCCC=C1S2. The molecule has 1 unspecified atom stereocenters. The van der Waals surface area contributed by atoms with Gasteiger partial charge in [0.25, 0.3) is 0 Å². The van der Waals surface area contributed by atoms with Gasteiger partial charge in [0, 0.05) is 40.4 Å². The van der Waals surface area contributed by atoms with E-state index in [0.29, 0.717) is 32.4 Å². The number of hydrogen-bond donors (Lipinski definition) is 1. The molecular formula is C26H39N3O2S2. The van der Waals surface area contributed by atoms with Gasteiger partial charge >= 0.3 is 0 Å². The van der Waals surface area contributed by atoms with Gasteiger partial charge in [-0.1, -0.05) is 30.3 Å². The number of thioether (sulfide) groups is 2. The number of hydrogen-bond acceptors (Lipinski definition) is 7. The van der Waals surface area contributed by atoms with E-state index in [1.807, 2.05) is 23.5 Å². The van der Waals surface area contributed by atoms with Crippen molar-refractivity contribution in [2.24, 2.45) is 5.73 Å². The Balaban J connectivity index is 1.37. The monoisotopic (exact) mass is 489 g/mol. The Hall–Kier alpha value is -0.960. The summed E-state index contributed by atoms with van der Waals surface area (Å²) in [5.74, 6) is 0. The van der Waals surface area contributed by atoms with Crippen LogP contribution in [0, 0.1) is 0 Å². The summed E-state index contributed by atoms with van der Waals surface area (Å²) in [7, 11) is 0. The Labute approximate surface area is 208 Å². The third-order valence-electron chi connectivity index (χ3n) is 6.65. The third kappa shape index (κ3) is 6.80. The van der Waals surface area contributed by atoms with Gasteiger partial charge in [-0.2, -0.15) is 0 Å². The van der Waals surface area contributed by atoms with Crippen LogP contribution in [0.1, 0.15) is 38.5 Å². The lowest BCUT2D eigenvalue weighted by Crippen LogP contribution is -2.43. The average Bonchev–Trinajstić information content (AvgIpc) is 2.86. The number of benzene rings is 1. The van der Waals surface area contributed by atoms with E-state index in [0.717, 1.165) is 32.5 Å². The first-order valence-electron chi connectivity index (χ1n) is 12.4. The minimum atomic E-state index is 0.572. The Bertz CT molecular complexity index is 830. The van der Waals surface area contributed by atoms with Gasteiger partial charge in [-0.25, -0.2) is 0 Å². The Morgan fingerprint density at radius 1 is 1.06 bits per heavy atom. The van der Waals surface area contributed by atoms with Gasteiger partial charge in [0.1, 0.15) is 0 Å². The van der Waals surface area contributed by atoms with Crippen molar-refractivity contribution >= 4 is 29.2 Å². The van der Waals surface area contributed by atoms with Crippen molar-refractivity contribution in [3.63, 3.8) is 0 Å². The second-order valence-corrected chi connectivity index (χ2v) is 10.8. The summed E-state index contributed by atoms with van der Waals surface area (Å²) in [6, 6.07) is 7.59. The van der Waals surface area contributed by atoms with Crippen molar-refractivity contribution in [1.29, 1.82) is 0 Å². The molecule has 0 amide bonds. The molecule has 0 saturated carbocycles. The maximum atomic E-state index is 5.83. The minimum absolute atomic E-state index is 0.572. The topological polar surface area (TPSA) is 51.0 Å². The molecule has 1 atom stereocenters. The standard InChI is InChI=1S/C26H39N3O2S2/c1-32-22-9-10-26-24(20-22)29(23-7-2-3-8-25(23)33-26)14-11-21-6-4-5-13-28(21)15-17-31-19-18-30-16-12-27/h7-10,20-21H,2-6,11-19,27H2,1H3. The van der Waals surface area contributed by atoms with Crippen LogP contribution in [0.25, 0.3) is 0 Å². The molecule has 7 heteroatoms. The van der Waals surface area contributed by atoms with Crippen LogP contribution in [0.3, 0.4) is 0 Å². The maximum Gasteiger partial charge on any atom is 0.0701 e. The van der Waals surface area contributed by atoms with E-state index < -0.39 is 0 Å². The van der Waals surface area contributed by atoms with Crippen molar-refractivity contribution < 1.29 is 9.47 Å². The van der Waals surface area contributed by atoms with E-state index in [1.165, 1.54) is 58.3 Å². The predicted octanol–water partition coefficient (Wildman–Crippen LogP) is 5.12. The summed E-state index contributed by atoms with van der Waals surface area (Å²) in [6.07, 6.45) is 14.5. The lowest BCUT2D eigenvalue weighted by Gasteiger charge is -2.40. The molecule has 4 rings (SSSR count). The van der Waals surface area contributed by atoms with E-state index in [4.69, 9.17) is 15.2 Å². The van der Waals surface area contributed by atoms with Crippen LogP contribution in [-0.4, -0.2) is 69.8 Å². The van der Waals surface area contributed by atoms with Gasteiger partial charge in [-0.3, -0.25) is 4.90 Å². The summed E-state index contributed by atoms with van der Waals surface area (Å²) in [6.45, 7) is 6.53. The maximum absolute atomic E-state index is 5.83. The Kier molecular flexibility index (Phi) is 10.1. The molecule has 2 aliphatic heterocycles. The van der Waals surface area contributed by atoms with Gasteiger partial charge in [-0.05, 0) is 63.1 Å². The van der Waals surface area contributed by atoms with Crippen molar-refractivity contribution in [2.45, 2.75) is 54.4 Å². The molecule has 0 bridgehead atoms. The second kappa shape index (κ2) is 13.2. The number of fused-ring (bicyclic) bond motifs is 2. The molecule has 1 aliphatic carbocycles. The van der Waals surface area contributed by atoms with E-state index in [9.17, 15) is 0 Å². The number of nitrogens with two attached hydrogens (primary N) is 1. The van der Waals surface area contributed by atoms with Crippen molar-refractivity contribution in [2.75, 3.05) is 63.8 Å². The number of nitrogens with zero attached hydrogens (tertiary/aromatic N) is 2. The van der Waals surface area contributed by atoms with Crippen LogP contribution >= 0.6 is 23.5 Å². The van der Waals surface area contributed by atoms with Crippen LogP contribution in [-0.2, 0) is 9.47 Å². The van der Waals surface area contributed by atoms with Gasteiger partial charge in [-0.15, -0.1) is 11.8 Å². The van der Waals surface area contributed by atoms with Gasteiger partial charge in [0.2, 0.25) is 0 Å². The molecule has 2 N–H and O–H groups in total. The first-order valence-corrected chi connectivity index (χ1v) is 14.5. The van der Waals surface area contributed by atoms with Crippen LogP contribution in [0.5, 0.6) is 0 Å². The summed E-state index contributed by atoms with van der Waals surface area (Å²) >= 11 is 3.77. The summed E-state index contributed by atoms with van der Waals surface area (Å²) in [4.78, 5) is 9.44. The lowest BCUT2D eigenvalue weighted by molar-refractivity contribution is 0.0299. The highest BCUT2D eigenvalue weighted by Gasteiger charge is 2.29. The second-order valence-electron chi connectivity index (χ2n) is 8.81. The highest BCUT2D eigenvalue weighted by atomic mass is 32.2. The molecule has 0 radical (unpaired) electrons. The van der Waals surface area contributed by atoms with E-state index in [-0.39, 0.29) is 0 Å². The molecule has 182 valence electrons. The molecule has 0 aromatic heterocycles. The fourth-order valence-corrected chi connectivity index (χ4v) is 6.51. The van der Waals surface area contributed by atoms with E-state index >= 15 is 0 Å². The molecule has 5 nitrogen and oxygen atoms in total. The van der Waals surface area contributed by atoms with E-state index in [2.05, 4.69) is 46.4 Å². The first kappa shape index (κ1) is 25.1. The van der Waals surface area contributed by atoms with Crippen LogP contribution in [0.4, 0.5) is 5.69 Å². The Morgan fingerprint density at radius 3 is 2.76 bits per heavy atom. The number of allylic oxidation sites excluding steroid dienone is 2. The fraction of sp³-hybridized carbons (Fsp3) is 0.615. The minimum Gasteiger partial charge on any atom is -0.378 e. The van der Waals surface area contributed by atoms with Crippen LogP contribution < -0.4 is 10.6 Å². The van der Waals surface area contributed by atoms with Gasteiger partial charge < -0.3 is 20.1 Å². The van der Waals surface area contributed by atoms with Gasteiger partial charge in [0.15, 0.2) is 0 Å². The molecule has 0 spiro atoms. The summed E-state index contributed by atoms with van der Waals surface area (Å²) in [5, 5.41) is 0. The molecule has 3 aliphatic rings. The molecule has 1 fully saturated rings. The quantitative estimate of drug-likeness (QED) is 0.323. The average molecular weight is 490 g/mol. The highest BCUT2D eigenvalue weighted by molar-refractivity contribution is 8.03. The summed E-state index contributed by atoms with van der Waals surface area (Å²) < 4.78 is 11.2. The largest absolute Gasteiger partial charge is 0.378 e. The number of rotatable bonds is 12.